The van der Waals surface area contributed by atoms with E-state index in [1.54, 1.807) is 17.3 Å². The Morgan fingerprint density at radius 3 is 2.88 bits per heavy atom. The van der Waals surface area contributed by atoms with Gasteiger partial charge in [-0.15, -0.1) is 0 Å². The average Bonchev–Trinajstić information content (AvgIpc) is 3.27. The van der Waals surface area contributed by atoms with Gasteiger partial charge in [-0.1, -0.05) is 11.6 Å². The predicted molar refractivity (Wildman–Crippen MR) is 95.2 cm³/mol. The molecule has 3 aromatic heterocycles. The number of H-pyrrole nitrogens is 1. The maximum Gasteiger partial charge on any atom is 0.231 e. The van der Waals surface area contributed by atoms with Crippen molar-refractivity contribution < 1.29 is 9.18 Å². The number of rotatable bonds is 4. The van der Waals surface area contributed by atoms with Gasteiger partial charge >= 0.3 is 0 Å². The number of hydrogen-bond acceptors (Lipinski definition) is 4. The lowest BCUT2D eigenvalue weighted by Crippen LogP contribution is -2.28. The number of pyridine rings is 2. The highest BCUT2D eigenvalue weighted by Crippen LogP contribution is 2.29. The number of carbonyl (C=O) groups is 1. The lowest BCUT2D eigenvalue weighted by molar-refractivity contribution is -0.120. The van der Waals surface area contributed by atoms with Crippen molar-refractivity contribution in [1.82, 2.24) is 20.2 Å². The number of halogens is 2. The molecule has 1 fully saturated rings. The van der Waals surface area contributed by atoms with E-state index >= 15 is 0 Å². The van der Waals surface area contributed by atoms with Crippen LogP contribution in [0.5, 0.6) is 0 Å². The van der Waals surface area contributed by atoms with Crippen LogP contribution in [0.4, 0.5) is 10.2 Å². The third-order valence-corrected chi connectivity index (χ3v) is 4.76. The number of aromatic nitrogens is 4. The molecule has 1 saturated heterocycles. The molecular weight excluding hydrogens is 357 g/mol. The number of amides is 1. The van der Waals surface area contributed by atoms with Gasteiger partial charge in [0.05, 0.1) is 5.69 Å². The molecule has 1 aliphatic heterocycles. The number of carbonyl (C=O) groups excluding carboxylic acids is 1. The topological polar surface area (TPSA) is 74.8 Å². The van der Waals surface area contributed by atoms with Crippen LogP contribution in [0.2, 0.25) is 5.15 Å². The summed E-state index contributed by atoms with van der Waals surface area (Å²) in [6.45, 7) is 0.588. The van der Waals surface area contributed by atoms with Gasteiger partial charge in [-0.2, -0.15) is 5.10 Å². The van der Waals surface area contributed by atoms with Crippen LogP contribution in [0.25, 0.3) is 11.3 Å². The molecule has 0 radical (unpaired) electrons. The molecule has 4 rings (SSSR count). The molecule has 0 aliphatic carbocycles. The van der Waals surface area contributed by atoms with Crippen LogP contribution in [0.3, 0.4) is 0 Å². The summed E-state index contributed by atoms with van der Waals surface area (Å²) >= 11 is 5.61. The minimum atomic E-state index is -0.568. The minimum Gasteiger partial charge on any atom is -0.297 e. The Labute approximate surface area is 154 Å². The van der Waals surface area contributed by atoms with Crippen molar-refractivity contribution in [2.75, 3.05) is 11.4 Å². The summed E-state index contributed by atoms with van der Waals surface area (Å²) in [4.78, 5) is 22.2. The molecule has 1 aliphatic rings. The Balaban J connectivity index is 1.49. The number of anilines is 1. The SMILES string of the molecule is O=C1[C@H](Cc2cnc(Cl)c(F)c2)CCN1c1cc(-c2ccncc2)n[nH]1. The number of hydrogen-bond donors (Lipinski definition) is 1. The summed E-state index contributed by atoms with van der Waals surface area (Å²) in [5, 5.41) is 7.04. The summed E-state index contributed by atoms with van der Waals surface area (Å²) < 4.78 is 13.5. The highest BCUT2D eigenvalue weighted by Gasteiger charge is 2.33. The summed E-state index contributed by atoms with van der Waals surface area (Å²) in [6.07, 6.45) is 6.02. The van der Waals surface area contributed by atoms with E-state index in [1.807, 2.05) is 18.2 Å². The standard InChI is InChI=1S/C18H15ClFN5O/c19-17-14(20)8-11(10-22-17)7-13-3-6-25(18(13)26)16-9-15(23-24-16)12-1-4-21-5-2-12/h1-2,4-5,8-10,13H,3,6-7H2,(H,23,24)/t13-/m0/s1. The average molecular weight is 372 g/mol. The van der Waals surface area contributed by atoms with E-state index in [0.717, 1.165) is 11.3 Å². The zero-order chi connectivity index (χ0) is 18.1. The zero-order valence-corrected chi connectivity index (χ0v) is 14.4. The van der Waals surface area contributed by atoms with E-state index in [-0.39, 0.29) is 17.0 Å². The number of aromatic amines is 1. The molecular formula is C18H15ClFN5O. The fraction of sp³-hybridized carbons (Fsp3) is 0.222. The molecule has 132 valence electrons. The summed E-state index contributed by atoms with van der Waals surface area (Å²) in [5.74, 6) is -0.137. The van der Waals surface area contributed by atoms with Crippen LogP contribution < -0.4 is 4.90 Å². The first-order valence-electron chi connectivity index (χ1n) is 8.19. The molecule has 8 heteroatoms. The van der Waals surface area contributed by atoms with Crippen LogP contribution in [0, 0.1) is 11.7 Å². The second-order valence-electron chi connectivity index (χ2n) is 6.17. The molecule has 0 aromatic carbocycles. The first-order chi connectivity index (χ1) is 12.6. The Bertz CT molecular complexity index is 946. The Morgan fingerprint density at radius 2 is 2.12 bits per heavy atom. The van der Waals surface area contributed by atoms with Crippen molar-refractivity contribution in [1.29, 1.82) is 0 Å². The Morgan fingerprint density at radius 1 is 1.31 bits per heavy atom. The first kappa shape index (κ1) is 16.7. The molecule has 1 amide bonds. The highest BCUT2D eigenvalue weighted by atomic mass is 35.5. The molecule has 1 N–H and O–H groups in total. The molecule has 0 saturated carbocycles. The third-order valence-electron chi connectivity index (χ3n) is 4.48. The first-order valence-corrected chi connectivity index (χ1v) is 8.57. The lowest BCUT2D eigenvalue weighted by Gasteiger charge is -2.14. The third kappa shape index (κ3) is 3.17. The van der Waals surface area contributed by atoms with Crippen molar-refractivity contribution in [2.24, 2.45) is 5.92 Å². The van der Waals surface area contributed by atoms with Crippen molar-refractivity contribution in [2.45, 2.75) is 12.8 Å². The van der Waals surface area contributed by atoms with E-state index < -0.39 is 5.82 Å². The molecule has 0 bridgehead atoms. The lowest BCUT2D eigenvalue weighted by atomic mass is 9.99. The van der Waals surface area contributed by atoms with Gasteiger partial charge < -0.3 is 0 Å². The quantitative estimate of drug-likeness (QED) is 0.714. The fourth-order valence-corrected chi connectivity index (χ4v) is 3.25. The van der Waals surface area contributed by atoms with Crippen molar-refractivity contribution in [3.63, 3.8) is 0 Å². The molecule has 26 heavy (non-hydrogen) atoms. The van der Waals surface area contributed by atoms with E-state index in [9.17, 15) is 9.18 Å². The molecule has 0 spiro atoms. The number of nitrogens with one attached hydrogen (secondary N) is 1. The minimum absolute atomic E-state index is 0.00899. The van der Waals surface area contributed by atoms with Crippen molar-refractivity contribution >= 4 is 23.3 Å². The van der Waals surface area contributed by atoms with Crippen molar-refractivity contribution in [3.8, 4) is 11.3 Å². The Hall–Kier alpha value is -2.80. The zero-order valence-electron chi connectivity index (χ0n) is 13.7. The maximum atomic E-state index is 13.5. The van der Waals surface area contributed by atoms with Gasteiger partial charge in [0.1, 0.15) is 5.82 Å². The number of nitrogens with zero attached hydrogens (tertiary/aromatic N) is 4. The molecule has 4 heterocycles. The van der Waals surface area contributed by atoms with Crippen molar-refractivity contribution in [3.05, 3.63) is 59.4 Å². The van der Waals surface area contributed by atoms with E-state index in [2.05, 4.69) is 20.2 Å². The molecule has 3 aromatic rings. The van der Waals surface area contributed by atoms with Gasteiger partial charge in [0.2, 0.25) is 5.91 Å². The second kappa shape index (κ2) is 6.84. The highest BCUT2D eigenvalue weighted by molar-refractivity contribution is 6.29. The maximum absolute atomic E-state index is 13.5. The van der Waals surface area contributed by atoms with Crippen LogP contribution in [-0.2, 0) is 11.2 Å². The largest absolute Gasteiger partial charge is 0.297 e. The van der Waals surface area contributed by atoms with Gasteiger partial charge in [-0.3, -0.25) is 19.8 Å². The molecule has 1 atom stereocenters. The van der Waals surface area contributed by atoms with E-state index in [1.165, 1.54) is 12.3 Å². The fourth-order valence-electron chi connectivity index (χ4n) is 3.14. The van der Waals surface area contributed by atoms with Gasteiger partial charge in [-0.25, -0.2) is 9.37 Å². The molecule has 0 unspecified atom stereocenters. The van der Waals surface area contributed by atoms with Gasteiger partial charge in [0.15, 0.2) is 11.0 Å². The van der Waals surface area contributed by atoms with Gasteiger partial charge in [0, 0.05) is 42.7 Å². The van der Waals surface area contributed by atoms with Crippen LogP contribution >= 0.6 is 11.6 Å². The monoisotopic (exact) mass is 371 g/mol. The van der Waals surface area contributed by atoms with Gasteiger partial charge in [0.25, 0.3) is 0 Å². The smallest absolute Gasteiger partial charge is 0.231 e. The summed E-state index contributed by atoms with van der Waals surface area (Å²) in [6, 6.07) is 6.90. The van der Waals surface area contributed by atoms with Crippen LogP contribution in [-0.4, -0.2) is 32.6 Å². The van der Waals surface area contributed by atoms with E-state index in [4.69, 9.17) is 11.6 Å². The predicted octanol–water partition coefficient (Wildman–Crippen LogP) is 3.25. The second-order valence-corrected chi connectivity index (χ2v) is 6.53. The molecule has 6 nitrogen and oxygen atoms in total. The summed E-state index contributed by atoms with van der Waals surface area (Å²) in [5.41, 5.74) is 2.34. The normalized spacial score (nSPS) is 17.1. The van der Waals surface area contributed by atoms with Crippen LogP contribution in [0.15, 0.2) is 42.9 Å². The summed E-state index contributed by atoms with van der Waals surface area (Å²) in [7, 11) is 0. The van der Waals surface area contributed by atoms with Gasteiger partial charge in [-0.05, 0) is 36.6 Å². The Kier molecular flexibility index (Phi) is 4.38. The van der Waals surface area contributed by atoms with E-state index in [0.29, 0.717) is 30.8 Å². The van der Waals surface area contributed by atoms with Crippen LogP contribution in [0.1, 0.15) is 12.0 Å².